The molecule has 0 heterocycles. The van der Waals surface area contributed by atoms with E-state index in [0.29, 0.717) is 5.69 Å². The summed E-state index contributed by atoms with van der Waals surface area (Å²) >= 11 is 0. The second-order valence-corrected chi connectivity index (χ2v) is 12.3. The van der Waals surface area contributed by atoms with Gasteiger partial charge in [0.05, 0.1) is 6.61 Å². The lowest BCUT2D eigenvalue weighted by Crippen LogP contribution is -2.43. The molecule has 1 atom stereocenters. The fraction of sp³-hybridized carbons (Fsp3) is 0.195. The van der Waals surface area contributed by atoms with E-state index in [0.717, 1.165) is 50.1 Å². The van der Waals surface area contributed by atoms with E-state index in [2.05, 4.69) is 34.9 Å². The standard InChI is InChI=1S/C41H36N2O6/c44-23-26-17-19-27(20-18-26)42-39(45)22-21-38(40(46)48-24-36-32-13-5-1-9-28(32)29-10-2-6-14-33(29)36)43-41(47)49-25-37-34-15-7-3-11-30(34)31-12-4-8-16-35(31)37/h1-20,36-38,44H,21-25H2,(H,42,45)(H,43,47). The summed E-state index contributed by atoms with van der Waals surface area (Å²) in [6.07, 6.45) is -0.817. The van der Waals surface area contributed by atoms with Gasteiger partial charge in [0.25, 0.3) is 0 Å². The number of carbonyl (C=O) groups is 3. The third-order valence-electron chi connectivity index (χ3n) is 9.36. The Morgan fingerprint density at radius 1 is 0.612 bits per heavy atom. The van der Waals surface area contributed by atoms with Crippen molar-refractivity contribution in [2.45, 2.75) is 37.3 Å². The van der Waals surface area contributed by atoms with Crippen LogP contribution in [0.3, 0.4) is 0 Å². The first-order valence-electron chi connectivity index (χ1n) is 16.5. The quantitative estimate of drug-likeness (QED) is 0.131. The van der Waals surface area contributed by atoms with E-state index in [1.807, 2.05) is 72.8 Å². The molecule has 8 heteroatoms. The lowest BCUT2D eigenvalue weighted by atomic mass is 9.98. The molecule has 2 amide bonds. The minimum atomic E-state index is -1.12. The molecule has 0 bridgehead atoms. The van der Waals surface area contributed by atoms with E-state index in [1.165, 1.54) is 0 Å². The molecule has 0 saturated carbocycles. The number of esters is 1. The molecule has 5 aromatic carbocycles. The molecular formula is C41H36N2O6. The van der Waals surface area contributed by atoms with Crippen molar-refractivity contribution in [3.8, 4) is 22.3 Å². The molecule has 0 aliphatic heterocycles. The second kappa shape index (κ2) is 14.2. The van der Waals surface area contributed by atoms with Crippen molar-refractivity contribution in [3.63, 3.8) is 0 Å². The zero-order chi connectivity index (χ0) is 33.7. The van der Waals surface area contributed by atoms with Crippen LogP contribution < -0.4 is 10.6 Å². The van der Waals surface area contributed by atoms with Gasteiger partial charge in [-0.15, -0.1) is 0 Å². The maximum absolute atomic E-state index is 13.6. The maximum atomic E-state index is 13.6. The summed E-state index contributed by atoms with van der Waals surface area (Å²) in [7, 11) is 0. The first kappa shape index (κ1) is 31.8. The third kappa shape index (κ3) is 6.68. The highest BCUT2D eigenvalue weighted by atomic mass is 16.6. The number of hydrogen-bond acceptors (Lipinski definition) is 6. The first-order valence-corrected chi connectivity index (χ1v) is 16.5. The van der Waals surface area contributed by atoms with Gasteiger partial charge in [0.2, 0.25) is 5.91 Å². The first-order chi connectivity index (χ1) is 24.0. The van der Waals surface area contributed by atoms with Crippen molar-refractivity contribution in [1.82, 2.24) is 5.32 Å². The average Bonchev–Trinajstić information content (AvgIpc) is 3.64. The van der Waals surface area contributed by atoms with Crippen LogP contribution in [0.1, 0.15) is 52.5 Å². The van der Waals surface area contributed by atoms with Crippen molar-refractivity contribution in [2.24, 2.45) is 0 Å². The number of aliphatic hydroxyl groups is 1. The predicted molar refractivity (Wildman–Crippen MR) is 187 cm³/mol. The van der Waals surface area contributed by atoms with Crippen molar-refractivity contribution >= 4 is 23.7 Å². The number of anilines is 1. The highest BCUT2D eigenvalue weighted by molar-refractivity contribution is 5.91. The molecule has 1 unspecified atom stereocenters. The molecule has 0 radical (unpaired) electrons. The molecular weight excluding hydrogens is 616 g/mol. The number of ether oxygens (including phenoxy) is 2. The van der Waals surface area contributed by atoms with Crippen LogP contribution in [-0.4, -0.2) is 42.3 Å². The zero-order valence-corrected chi connectivity index (χ0v) is 26.8. The molecule has 2 aliphatic carbocycles. The maximum Gasteiger partial charge on any atom is 0.407 e. The van der Waals surface area contributed by atoms with Crippen LogP contribution in [0, 0.1) is 0 Å². The van der Waals surface area contributed by atoms with Crippen LogP contribution >= 0.6 is 0 Å². The Hall–Kier alpha value is -5.73. The number of alkyl carbamates (subject to hydrolysis) is 1. The summed E-state index contributed by atoms with van der Waals surface area (Å²) < 4.78 is 11.6. The summed E-state index contributed by atoms with van der Waals surface area (Å²) in [5.74, 6) is -1.27. The van der Waals surface area contributed by atoms with Gasteiger partial charge in [-0.3, -0.25) is 4.79 Å². The summed E-state index contributed by atoms with van der Waals surface area (Å²) in [5, 5.41) is 14.8. The van der Waals surface area contributed by atoms with E-state index < -0.39 is 18.1 Å². The number of rotatable bonds is 11. The number of benzene rings is 5. The lowest BCUT2D eigenvalue weighted by molar-refractivity contribution is -0.146. The number of aliphatic hydroxyl groups excluding tert-OH is 1. The molecule has 3 N–H and O–H groups in total. The third-order valence-corrected chi connectivity index (χ3v) is 9.36. The minimum absolute atomic E-state index is 0.00141. The van der Waals surface area contributed by atoms with Crippen LogP contribution in [-0.2, 0) is 25.7 Å². The van der Waals surface area contributed by atoms with Gasteiger partial charge in [0.1, 0.15) is 19.3 Å². The Morgan fingerprint density at radius 2 is 1.06 bits per heavy atom. The summed E-state index contributed by atoms with van der Waals surface area (Å²) in [6, 6.07) is 38.0. The summed E-state index contributed by atoms with van der Waals surface area (Å²) in [4.78, 5) is 39.8. The van der Waals surface area contributed by atoms with Gasteiger partial charge in [0, 0.05) is 23.9 Å². The number of nitrogens with one attached hydrogen (secondary N) is 2. The molecule has 8 nitrogen and oxygen atoms in total. The van der Waals surface area contributed by atoms with E-state index in [4.69, 9.17) is 9.47 Å². The average molecular weight is 653 g/mol. The number of fused-ring (bicyclic) bond motifs is 6. The molecule has 0 spiro atoms. The predicted octanol–water partition coefficient (Wildman–Crippen LogP) is 7.16. The van der Waals surface area contributed by atoms with Crippen molar-refractivity contribution in [3.05, 3.63) is 149 Å². The van der Waals surface area contributed by atoms with Crippen molar-refractivity contribution < 1.29 is 29.0 Å². The van der Waals surface area contributed by atoms with Gasteiger partial charge < -0.3 is 25.2 Å². The van der Waals surface area contributed by atoms with E-state index in [1.54, 1.807) is 24.3 Å². The van der Waals surface area contributed by atoms with Gasteiger partial charge in [-0.1, -0.05) is 109 Å². The molecule has 49 heavy (non-hydrogen) atoms. The summed E-state index contributed by atoms with van der Waals surface area (Å²) in [5.41, 5.74) is 10.0. The Balaban J connectivity index is 1.04. The van der Waals surface area contributed by atoms with E-state index >= 15 is 0 Å². The molecule has 7 rings (SSSR count). The fourth-order valence-electron chi connectivity index (χ4n) is 6.93. The monoisotopic (exact) mass is 652 g/mol. The topological polar surface area (TPSA) is 114 Å². The molecule has 0 saturated heterocycles. The van der Waals surface area contributed by atoms with Crippen LogP contribution in [0.4, 0.5) is 10.5 Å². The van der Waals surface area contributed by atoms with Crippen LogP contribution in [0.5, 0.6) is 0 Å². The Morgan fingerprint density at radius 3 is 1.53 bits per heavy atom. The van der Waals surface area contributed by atoms with Crippen molar-refractivity contribution in [1.29, 1.82) is 0 Å². The number of carbonyl (C=O) groups excluding carboxylic acids is 3. The van der Waals surface area contributed by atoms with Crippen LogP contribution in [0.2, 0.25) is 0 Å². The largest absolute Gasteiger partial charge is 0.463 e. The Labute approximate surface area is 284 Å². The van der Waals surface area contributed by atoms with Crippen LogP contribution in [0.25, 0.3) is 22.3 Å². The number of amides is 2. The molecule has 5 aromatic rings. The van der Waals surface area contributed by atoms with Crippen molar-refractivity contribution in [2.75, 3.05) is 18.5 Å². The highest BCUT2D eigenvalue weighted by Gasteiger charge is 2.32. The molecule has 246 valence electrons. The smallest absolute Gasteiger partial charge is 0.407 e. The normalized spacial score (nSPS) is 13.4. The van der Waals surface area contributed by atoms with Gasteiger partial charge in [-0.2, -0.15) is 0 Å². The van der Waals surface area contributed by atoms with Gasteiger partial charge in [-0.25, -0.2) is 9.59 Å². The van der Waals surface area contributed by atoms with E-state index in [-0.39, 0.29) is 50.4 Å². The van der Waals surface area contributed by atoms with Gasteiger partial charge in [-0.05, 0) is 68.6 Å². The van der Waals surface area contributed by atoms with Gasteiger partial charge in [0.15, 0.2) is 0 Å². The highest BCUT2D eigenvalue weighted by Crippen LogP contribution is 2.45. The van der Waals surface area contributed by atoms with Gasteiger partial charge >= 0.3 is 12.1 Å². The molecule has 2 aliphatic rings. The summed E-state index contributed by atoms with van der Waals surface area (Å²) in [6.45, 7) is 0.0678. The minimum Gasteiger partial charge on any atom is -0.463 e. The lowest BCUT2D eigenvalue weighted by Gasteiger charge is -2.21. The molecule has 0 aromatic heterocycles. The zero-order valence-electron chi connectivity index (χ0n) is 26.8. The Kier molecular flexibility index (Phi) is 9.21. The van der Waals surface area contributed by atoms with E-state index in [9.17, 15) is 19.5 Å². The Bertz CT molecular complexity index is 1910. The number of hydrogen-bond donors (Lipinski definition) is 3. The SMILES string of the molecule is O=C(CCC(NC(=O)OCC1c2ccccc2-c2ccccc21)C(=O)OCC1c2ccccc2-c2ccccc21)Nc1ccc(CO)cc1. The fourth-order valence-corrected chi connectivity index (χ4v) is 6.93. The van der Waals surface area contributed by atoms with Crippen LogP contribution in [0.15, 0.2) is 121 Å². The molecule has 0 fully saturated rings. The second-order valence-electron chi connectivity index (χ2n) is 12.3.